The summed E-state index contributed by atoms with van der Waals surface area (Å²) in [4.78, 5) is 12.1. The van der Waals surface area contributed by atoms with Crippen molar-refractivity contribution in [1.82, 2.24) is 9.97 Å². The molecule has 7 aromatic rings. The second-order valence-corrected chi connectivity index (χ2v) is 11.2. The van der Waals surface area contributed by atoms with Crippen molar-refractivity contribution in [2.45, 2.75) is 0 Å². The van der Waals surface area contributed by atoms with Gasteiger partial charge in [-0.3, -0.25) is 0 Å². The minimum Gasteiger partial charge on any atom is -0.453 e. The van der Waals surface area contributed by atoms with E-state index in [1.165, 1.54) is 0 Å². The molecule has 0 saturated carbocycles. The van der Waals surface area contributed by atoms with Crippen molar-refractivity contribution in [1.29, 1.82) is 0 Å². The molecule has 6 heteroatoms. The van der Waals surface area contributed by atoms with Gasteiger partial charge in [0.05, 0.1) is 31.8 Å². The zero-order chi connectivity index (χ0) is 25.1. The Hall–Kier alpha value is -4.52. The van der Waals surface area contributed by atoms with E-state index in [2.05, 4.69) is 77.7 Å². The fourth-order valence-electron chi connectivity index (χ4n) is 4.91. The number of ether oxygens (including phenoxy) is 1. The van der Waals surface area contributed by atoms with Crippen LogP contribution in [-0.4, -0.2) is 9.97 Å². The van der Waals surface area contributed by atoms with E-state index in [0.29, 0.717) is 0 Å². The standard InChI is InChI=1S/C32H19N3OS2/c1-2-8-20(9-3-1)31-33-23-18-30-24(19-29(23)37-31)34-32(38-30)21-14-16-22(17-15-21)35-25-10-4-6-12-27(25)36-28-13-7-5-11-26(28)35/h1-19H. The van der Waals surface area contributed by atoms with E-state index < -0.39 is 0 Å². The van der Waals surface area contributed by atoms with Gasteiger partial charge in [0, 0.05) is 16.8 Å². The molecule has 0 spiro atoms. The Balaban J connectivity index is 1.16. The number of benzene rings is 5. The molecule has 0 fully saturated rings. The SMILES string of the molecule is c1ccc(-c2nc3cc4sc(-c5ccc(N6c7ccccc7Oc7ccccc76)cc5)nc4cc3s2)cc1. The zero-order valence-electron chi connectivity index (χ0n) is 20.0. The zero-order valence-corrected chi connectivity index (χ0v) is 21.7. The summed E-state index contributed by atoms with van der Waals surface area (Å²) < 4.78 is 8.47. The molecular weight excluding hydrogens is 507 g/mol. The first-order valence-corrected chi connectivity index (χ1v) is 14.0. The average Bonchev–Trinajstić information content (AvgIpc) is 3.58. The van der Waals surface area contributed by atoms with Crippen molar-refractivity contribution in [3.63, 3.8) is 0 Å². The fraction of sp³-hybridized carbons (Fsp3) is 0. The highest BCUT2D eigenvalue weighted by molar-refractivity contribution is 7.23. The van der Waals surface area contributed by atoms with Gasteiger partial charge in [-0.05, 0) is 60.7 Å². The molecule has 0 bridgehead atoms. The van der Waals surface area contributed by atoms with E-state index in [1.54, 1.807) is 22.7 Å². The summed E-state index contributed by atoms with van der Waals surface area (Å²) in [6.07, 6.45) is 0. The first-order chi connectivity index (χ1) is 18.8. The third kappa shape index (κ3) is 3.49. The highest BCUT2D eigenvalue weighted by atomic mass is 32.1. The predicted octanol–water partition coefficient (Wildman–Crippen LogP) is 9.82. The van der Waals surface area contributed by atoms with Crippen molar-refractivity contribution in [2.75, 3.05) is 4.90 Å². The maximum Gasteiger partial charge on any atom is 0.151 e. The average molecular weight is 526 g/mol. The summed E-state index contributed by atoms with van der Waals surface area (Å²) in [5, 5.41) is 2.05. The van der Waals surface area contributed by atoms with Crippen LogP contribution in [0.1, 0.15) is 0 Å². The molecule has 0 saturated heterocycles. The molecular formula is C32H19N3OS2. The van der Waals surface area contributed by atoms with Crippen molar-refractivity contribution < 1.29 is 4.74 Å². The van der Waals surface area contributed by atoms with Crippen molar-refractivity contribution in [3.05, 3.63) is 115 Å². The maximum absolute atomic E-state index is 6.16. The molecule has 0 radical (unpaired) electrons. The smallest absolute Gasteiger partial charge is 0.151 e. The summed E-state index contributed by atoms with van der Waals surface area (Å²) in [6.45, 7) is 0. The molecule has 5 aromatic carbocycles. The molecule has 0 amide bonds. The van der Waals surface area contributed by atoms with Crippen LogP contribution >= 0.6 is 22.7 Å². The summed E-state index contributed by atoms with van der Waals surface area (Å²) in [5.41, 5.74) is 7.43. The number of anilines is 3. The molecule has 3 heterocycles. The number of rotatable bonds is 3. The monoisotopic (exact) mass is 525 g/mol. The van der Waals surface area contributed by atoms with Crippen molar-refractivity contribution in [2.24, 2.45) is 0 Å². The highest BCUT2D eigenvalue weighted by Gasteiger charge is 2.25. The highest BCUT2D eigenvalue weighted by Crippen LogP contribution is 2.50. The number of thiazole rings is 2. The molecule has 1 aliphatic rings. The summed E-state index contributed by atoms with van der Waals surface area (Å²) in [7, 11) is 0. The topological polar surface area (TPSA) is 38.2 Å². The lowest BCUT2D eigenvalue weighted by molar-refractivity contribution is 0.477. The molecule has 0 N–H and O–H groups in total. The lowest BCUT2D eigenvalue weighted by Gasteiger charge is -2.32. The van der Waals surface area contributed by atoms with Gasteiger partial charge in [-0.1, -0.05) is 54.6 Å². The second-order valence-electron chi connectivity index (χ2n) is 9.11. The largest absolute Gasteiger partial charge is 0.453 e. The van der Waals surface area contributed by atoms with Gasteiger partial charge in [-0.15, -0.1) is 22.7 Å². The number of hydrogen-bond acceptors (Lipinski definition) is 6. The Kier molecular flexibility index (Phi) is 4.83. The van der Waals surface area contributed by atoms with Crippen LogP contribution in [0.15, 0.2) is 115 Å². The van der Waals surface area contributed by atoms with Crippen LogP contribution < -0.4 is 9.64 Å². The van der Waals surface area contributed by atoms with Gasteiger partial charge in [0.2, 0.25) is 0 Å². The van der Waals surface area contributed by atoms with E-state index in [1.807, 2.05) is 42.5 Å². The Morgan fingerprint density at radius 3 is 1.61 bits per heavy atom. The van der Waals surface area contributed by atoms with E-state index >= 15 is 0 Å². The van der Waals surface area contributed by atoms with Gasteiger partial charge in [0.15, 0.2) is 11.5 Å². The van der Waals surface area contributed by atoms with Crippen molar-refractivity contribution in [3.8, 4) is 32.6 Å². The lowest BCUT2D eigenvalue weighted by atomic mass is 10.1. The second kappa shape index (κ2) is 8.52. The van der Waals surface area contributed by atoms with E-state index in [-0.39, 0.29) is 0 Å². The molecule has 180 valence electrons. The van der Waals surface area contributed by atoms with Gasteiger partial charge in [-0.2, -0.15) is 0 Å². The predicted molar refractivity (Wildman–Crippen MR) is 158 cm³/mol. The number of fused-ring (bicyclic) bond motifs is 4. The molecule has 38 heavy (non-hydrogen) atoms. The summed E-state index contributed by atoms with van der Waals surface area (Å²) >= 11 is 3.42. The molecule has 8 rings (SSSR count). The maximum atomic E-state index is 6.16. The van der Waals surface area contributed by atoms with E-state index in [9.17, 15) is 0 Å². The third-order valence-corrected chi connectivity index (χ3v) is 8.86. The minimum absolute atomic E-state index is 0.852. The molecule has 0 aliphatic carbocycles. The van der Waals surface area contributed by atoms with Gasteiger partial charge in [-0.25, -0.2) is 9.97 Å². The quantitative estimate of drug-likeness (QED) is 0.230. The number of nitrogens with zero attached hydrogens (tertiary/aromatic N) is 3. The Morgan fingerprint density at radius 1 is 0.526 bits per heavy atom. The Bertz CT molecular complexity index is 1860. The fourth-order valence-corrected chi connectivity index (χ4v) is 6.88. The van der Waals surface area contributed by atoms with Crippen LogP contribution in [0.2, 0.25) is 0 Å². The molecule has 0 atom stereocenters. The van der Waals surface area contributed by atoms with Gasteiger partial charge in [0.1, 0.15) is 10.0 Å². The number of para-hydroxylation sites is 4. The Labute approximate surface area is 227 Å². The summed E-state index contributed by atoms with van der Waals surface area (Å²) in [6, 6.07) is 39.6. The van der Waals surface area contributed by atoms with E-state index in [0.717, 1.165) is 70.1 Å². The molecule has 2 aromatic heterocycles. The molecule has 1 aliphatic heterocycles. The van der Waals surface area contributed by atoms with Gasteiger partial charge < -0.3 is 9.64 Å². The first kappa shape index (κ1) is 21.6. The molecule has 4 nitrogen and oxygen atoms in total. The van der Waals surface area contributed by atoms with Crippen LogP contribution in [0.25, 0.3) is 41.6 Å². The van der Waals surface area contributed by atoms with Gasteiger partial charge >= 0.3 is 0 Å². The first-order valence-electron chi connectivity index (χ1n) is 12.3. The lowest BCUT2D eigenvalue weighted by Crippen LogP contribution is -2.15. The van der Waals surface area contributed by atoms with Crippen LogP contribution in [-0.2, 0) is 0 Å². The van der Waals surface area contributed by atoms with Crippen LogP contribution in [0.3, 0.4) is 0 Å². The van der Waals surface area contributed by atoms with Crippen LogP contribution in [0.5, 0.6) is 11.5 Å². The molecule has 0 unspecified atom stereocenters. The minimum atomic E-state index is 0.852. The normalized spacial score (nSPS) is 12.4. The third-order valence-electron chi connectivity index (χ3n) is 6.72. The Morgan fingerprint density at radius 2 is 1.03 bits per heavy atom. The number of hydrogen-bond donors (Lipinski definition) is 0. The van der Waals surface area contributed by atoms with E-state index in [4.69, 9.17) is 14.7 Å². The van der Waals surface area contributed by atoms with Crippen LogP contribution in [0.4, 0.5) is 17.1 Å². The van der Waals surface area contributed by atoms with Gasteiger partial charge in [0.25, 0.3) is 0 Å². The summed E-state index contributed by atoms with van der Waals surface area (Å²) in [5.74, 6) is 1.70. The van der Waals surface area contributed by atoms with Crippen LogP contribution in [0, 0.1) is 0 Å². The number of aromatic nitrogens is 2. The van der Waals surface area contributed by atoms with Crippen molar-refractivity contribution >= 4 is 60.2 Å².